The second kappa shape index (κ2) is 14.4. The van der Waals surface area contributed by atoms with Crippen molar-refractivity contribution in [1.82, 2.24) is 9.13 Å². The lowest BCUT2D eigenvalue weighted by atomic mass is 9.85. The van der Waals surface area contributed by atoms with Crippen LogP contribution in [0.1, 0.15) is 83.8 Å². The van der Waals surface area contributed by atoms with Gasteiger partial charge in [-0.1, -0.05) is 52.1 Å². The van der Waals surface area contributed by atoms with E-state index in [0.717, 1.165) is 102 Å². The smallest absolute Gasteiger partial charge is 0.107 e. The third kappa shape index (κ3) is 9.05. The number of hydrogen-bond donors (Lipinski definition) is 4. The Balaban J connectivity index is 1.18. The highest BCUT2D eigenvalue weighted by Crippen LogP contribution is 2.38. The second-order valence-electron chi connectivity index (χ2n) is 13.3. The SMILES string of the molecule is CC(C)(CCC(O)CCCC(O)CCC(C)(C)Cn1c(S)c2c(cc1=S)SCC2)Cn1c(S)c2c(cc1=S)SCC2. The van der Waals surface area contributed by atoms with Gasteiger partial charge in [-0.2, -0.15) is 0 Å². The zero-order valence-corrected chi connectivity index (χ0v) is 29.9. The predicted octanol–water partition coefficient (Wildman–Crippen LogP) is 8.83. The molecular formula is C31H46N2O2S6. The lowest BCUT2D eigenvalue weighted by Gasteiger charge is -2.29. The molecule has 0 spiro atoms. The highest BCUT2D eigenvalue weighted by Gasteiger charge is 2.26. The first-order valence-electron chi connectivity index (χ1n) is 14.8. The molecule has 10 heteroatoms. The summed E-state index contributed by atoms with van der Waals surface area (Å²) in [4.78, 5) is 2.56. The van der Waals surface area contributed by atoms with Crippen LogP contribution in [0.4, 0.5) is 0 Å². The maximum Gasteiger partial charge on any atom is 0.107 e. The molecule has 4 rings (SSSR count). The summed E-state index contributed by atoms with van der Waals surface area (Å²) in [5, 5.41) is 23.4. The van der Waals surface area contributed by atoms with Crippen LogP contribution in [0.15, 0.2) is 32.0 Å². The third-order valence-electron chi connectivity index (χ3n) is 8.46. The van der Waals surface area contributed by atoms with Crippen LogP contribution in [0.25, 0.3) is 0 Å². The Labute approximate surface area is 276 Å². The number of rotatable bonds is 14. The van der Waals surface area contributed by atoms with Gasteiger partial charge < -0.3 is 19.3 Å². The molecule has 4 nitrogen and oxygen atoms in total. The fourth-order valence-electron chi connectivity index (χ4n) is 5.88. The molecule has 0 aliphatic carbocycles. The molecule has 0 saturated heterocycles. The number of nitrogens with zero attached hydrogens (tertiary/aromatic N) is 2. The molecule has 2 unspecified atom stereocenters. The van der Waals surface area contributed by atoms with Crippen molar-refractivity contribution in [3.63, 3.8) is 0 Å². The van der Waals surface area contributed by atoms with Gasteiger partial charge in [0, 0.05) is 34.4 Å². The van der Waals surface area contributed by atoms with Crippen LogP contribution in [-0.4, -0.2) is 43.1 Å². The van der Waals surface area contributed by atoms with Gasteiger partial charge in [-0.05, 0) is 91.9 Å². The Morgan fingerprint density at radius 2 is 1.15 bits per heavy atom. The Kier molecular flexibility index (Phi) is 12.0. The first kappa shape index (κ1) is 33.9. The molecule has 0 saturated carbocycles. The van der Waals surface area contributed by atoms with Crippen LogP contribution in [-0.2, 0) is 25.9 Å². The van der Waals surface area contributed by atoms with Gasteiger partial charge in [-0.25, -0.2) is 0 Å². The van der Waals surface area contributed by atoms with E-state index in [1.165, 1.54) is 20.9 Å². The summed E-state index contributed by atoms with van der Waals surface area (Å²) in [6.07, 6.45) is 6.96. The summed E-state index contributed by atoms with van der Waals surface area (Å²) in [6, 6.07) is 4.25. The standard InChI is InChI=1S/C31H46N2O2S6/c1-30(2,18-32-26(36)16-24-22(28(32)38)10-14-40-24)12-8-20(34)6-5-7-21(35)9-13-31(3,4)19-33-27(37)17-25-23(29(33)39)11-15-41-25/h16-17,20-21,34-35,38-39H,5-15,18-19H2,1-4H3. The quantitative estimate of drug-likeness (QED) is 0.119. The maximum atomic E-state index is 10.7. The average molecular weight is 671 g/mol. The van der Waals surface area contributed by atoms with E-state index in [1.54, 1.807) is 0 Å². The van der Waals surface area contributed by atoms with E-state index in [-0.39, 0.29) is 23.0 Å². The van der Waals surface area contributed by atoms with Crippen molar-refractivity contribution >= 4 is 73.2 Å². The van der Waals surface area contributed by atoms with E-state index >= 15 is 0 Å². The minimum absolute atomic E-state index is 0.00475. The molecule has 2 aliphatic rings. The lowest BCUT2D eigenvalue weighted by Crippen LogP contribution is -2.24. The number of hydrogen-bond acceptors (Lipinski definition) is 8. The van der Waals surface area contributed by atoms with Crippen LogP contribution < -0.4 is 0 Å². The molecule has 4 heterocycles. The van der Waals surface area contributed by atoms with Crippen LogP contribution in [0.3, 0.4) is 0 Å². The number of fused-ring (bicyclic) bond motifs is 2. The van der Waals surface area contributed by atoms with Gasteiger partial charge in [0.25, 0.3) is 0 Å². The van der Waals surface area contributed by atoms with Gasteiger partial charge in [0.2, 0.25) is 0 Å². The van der Waals surface area contributed by atoms with Crippen molar-refractivity contribution < 1.29 is 10.2 Å². The molecule has 0 radical (unpaired) electrons. The number of aliphatic hydroxyl groups excluding tert-OH is 2. The summed E-state index contributed by atoms with van der Waals surface area (Å²) < 4.78 is 6.02. The van der Waals surface area contributed by atoms with E-state index in [4.69, 9.17) is 49.7 Å². The summed E-state index contributed by atoms with van der Waals surface area (Å²) >= 11 is 24.8. The van der Waals surface area contributed by atoms with Gasteiger partial charge in [0.1, 0.15) is 9.28 Å². The largest absolute Gasteiger partial charge is 0.393 e. The summed E-state index contributed by atoms with van der Waals surface area (Å²) in [5.74, 6) is 2.20. The van der Waals surface area contributed by atoms with E-state index < -0.39 is 0 Å². The van der Waals surface area contributed by atoms with Gasteiger partial charge in [0.05, 0.1) is 22.3 Å². The molecule has 2 aliphatic heterocycles. The van der Waals surface area contributed by atoms with Crippen LogP contribution >= 0.6 is 73.2 Å². The molecule has 0 bridgehead atoms. The first-order valence-corrected chi connectivity index (χ1v) is 18.5. The highest BCUT2D eigenvalue weighted by molar-refractivity contribution is 8.00. The zero-order valence-electron chi connectivity index (χ0n) is 24.8. The Morgan fingerprint density at radius 3 is 1.54 bits per heavy atom. The molecule has 0 fully saturated rings. The van der Waals surface area contributed by atoms with E-state index in [9.17, 15) is 10.2 Å². The summed E-state index contributed by atoms with van der Waals surface area (Å²) in [6.45, 7) is 10.6. The maximum absolute atomic E-state index is 10.7. The molecule has 41 heavy (non-hydrogen) atoms. The van der Waals surface area contributed by atoms with Crippen molar-refractivity contribution in [1.29, 1.82) is 0 Å². The van der Waals surface area contributed by atoms with E-state index in [1.807, 2.05) is 23.5 Å². The second-order valence-corrected chi connectivity index (χ2v) is 17.3. The monoisotopic (exact) mass is 670 g/mol. The minimum atomic E-state index is -0.355. The molecule has 2 aromatic heterocycles. The van der Waals surface area contributed by atoms with Gasteiger partial charge >= 0.3 is 0 Å². The Hall–Kier alpha value is 0.0600. The molecule has 0 amide bonds. The van der Waals surface area contributed by atoms with E-state index in [2.05, 4.69) is 49.0 Å². The molecule has 2 aromatic rings. The average Bonchev–Trinajstić information content (AvgIpc) is 3.56. The van der Waals surface area contributed by atoms with Crippen LogP contribution in [0.2, 0.25) is 0 Å². The topological polar surface area (TPSA) is 50.3 Å². The predicted molar refractivity (Wildman–Crippen MR) is 186 cm³/mol. The van der Waals surface area contributed by atoms with Gasteiger partial charge in [0.15, 0.2) is 0 Å². The third-order valence-corrected chi connectivity index (χ3v) is 12.3. The van der Waals surface area contributed by atoms with E-state index in [0.29, 0.717) is 0 Å². The number of thiol groups is 2. The van der Waals surface area contributed by atoms with Crippen molar-refractivity contribution in [2.24, 2.45) is 10.8 Å². The molecule has 2 N–H and O–H groups in total. The van der Waals surface area contributed by atoms with Crippen molar-refractivity contribution in [2.75, 3.05) is 11.5 Å². The normalized spacial score (nSPS) is 16.6. The van der Waals surface area contributed by atoms with Crippen LogP contribution in [0.5, 0.6) is 0 Å². The molecule has 2 atom stereocenters. The van der Waals surface area contributed by atoms with Crippen molar-refractivity contribution in [3.05, 3.63) is 32.5 Å². The van der Waals surface area contributed by atoms with Crippen molar-refractivity contribution in [2.45, 2.75) is 131 Å². The number of aromatic nitrogens is 2. The first-order chi connectivity index (χ1) is 19.3. The number of pyridine rings is 2. The summed E-state index contributed by atoms with van der Waals surface area (Å²) in [7, 11) is 0. The molecule has 0 aromatic carbocycles. The van der Waals surface area contributed by atoms with Gasteiger partial charge in [-0.15, -0.1) is 48.8 Å². The Bertz CT molecular complexity index is 1250. The van der Waals surface area contributed by atoms with Crippen molar-refractivity contribution in [3.8, 4) is 0 Å². The number of thioether (sulfide) groups is 2. The zero-order chi connectivity index (χ0) is 29.9. The summed E-state index contributed by atoms with van der Waals surface area (Å²) in [5.41, 5.74) is 2.63. The van der Waals surface area contributed by atoms with Gasteiger partial charge in [-0.3, -0.25) is 0 Å². The fourth-order valence-corrected chi connectivity index (χ4v) is 9.87. The molecular weight excluding hydrogens is 625 g/mol. The minimum Gasteiger partial charge on any atom is -0.393 e. The lowest BCUT2D eigenvalue weighted by molar-refractivity contribution is 0.102. The van der Waals surface area contributed by atoms with Crippen LogP contribution in [0, 0.1) is 20.1 Å². The number of aliphatic hydroxyl groups is 2. The molecule has 228 valence electrons. The Morgan fingerprint density at radius 1 is 0.756 bits per heavy atom. The highest BCUT2D eigenvalue weighted by atomic mass is 32.2. The fraction of sp³-hybridized carbons (Fsp3) is 0.677.